The number of hydrogen-bond acceptors (Lipinski definition) is 7. The molecule has 2 heterocycles. The fraction of sp³-hybridized carbons (Fsp3) is 0.158. The van der Waals surface area contributed by atoms with Crippen molar-refractivity contribution in [1.29, 1.82) is 0 Å². The number of halogens is 4. The summed E-state index contributed by atoms with van der Waals surface area (Å²) < 4.78 is 63.9. The van der Waals surface area contributed by atoms with Gasteiger partial charge in [-0.15, -0.1) is 18.2 Å². The molecule has 0 aliphatic carbocycles. The molecule has 0 unspecified atom stereocenters. The van der Waals surface area contributed by atoms with Gasteiger partial charge in [-0.1, -0.05) is 0 Å². The van der Waals surface area contributed by atoms with E-state index in [1.54, 1.807) is 0 Å². The molecule has 0 bridgehead atoms. The Labute approximate surface area is 221 Å². The van der Waals surface area contributed by atoms with E-state index in [-0.39, 0.29) is 87.5 Å². The average molecular weight is 608 g/mol. The Morgan fingerprint density at radius 2 is 1.94 bits per heavy atom. The molecule has 0 fully saturated rings. The molecule has 15 heteroatoms. The summed E-state index contributed by atoms with van der Waals surface area (Å²) in [5, 5.41) is 0. The molecule has 0 aliphatic rings. The summed E-state index contributed by atoms with van der Waals surface area (Å²) in [6.07, 6.45) is -3.84. The third-order valence-electron chi connectivity index (χ3n) is 4.07. The van der Waals surface area contributed by atoms with E-state index in [9.17, 15) is 31.9 Å². The summed E-state index contributed by atoms with van der Waals surface area (Å²) in [5.74, 6) is 3.09. The van der Waals surface area contributed by atoms with E-state index in [0.29, 0.717) is 6.07 Å². The molecule has 34 heavy (non-hydrogen) atoms. The normalized spacial score (nSPS) is 10.9. The van der Waals surface area contributed by atoms with E-state index in [4.69, 9.17) is 21.1 Å². The maximum absolute atomic E-state index is 14.4. The SMILES string of the molecule is NC(=O)CCOc1ncccc1Oc1[c-]cc(F)c(-n2c(=O)cc(C(F)(F)F)n(N)c2=O)c1.[Ce]. The van der Waals surface area contributed by atoms with Crippen molar-refractivity contribution < 1.29 is 73.6 Å². The van der Waals surface area contributed by atoms with Gasteiger partial charge in [0, 0.05) is 65.6 Å². The fourth-order valence-corrected chi connectivity index (χ4v) is 2.60. The van der Waals surface area contributed by atoms with Gasteiger partial charge in [-0.05, 0) is 17.8 Å². The van der Waals surface area contributed by atoms with Gasteiger partial charge in [0.25, 0.3) is 11.4 Å². The molecular formula is C19H14CeF4N5O5-. The van der Waals surface area contributed by atoms with E-state index >= 15 is 0 Å². The van der Waals surface area contributed by atoms with Gasteiger partial charge in [0.2, 0.25) is 5.91 Å². The number of carbonyl (C=O) groups excluding carboxylic acids is 1. The van der Waals surface area contributed by atoms with Crippen LogP contribution in [0.25, 0.3) is 5.69 Å². The van der Waals surface area contributed by atoms with Crippen LogP contribution in [-0.2, 0) is 11.0 Å². The van der Waals surface area contributed by atoms with Gasteiger partial charge in [-0.2, -0.15) is 13.2 Å². The van der Waals surface area contributed by atoms with Crippen molar-refractivity contribution in [3.8, 4) is 23.1 Å². The first kappa shape index (κ1) is 27.3. The predicted octanol–water partition coefficient (Wildman–Crippen LogP) is 1.11. The molecule has 3 aromatic rings. The largest absolute Gasteiger partial charge is 0.478 e. The fourth-order valence-electron chi connectivity index (χ4n) is 2.60. The maximum atomic E-state index is 14.4. The zero-order valence-electron chi connectivity index (χ0n) is 16.9. The van der Waals surface area contributed by atoms with Crippen molar-refractivity contribution in [1.82, 2.24) is 14.2 Å². The van der Waals surface area contributed by atoms with Gasteiger partial charge in [0.15, 0.2) is 11.4 Å². The van der Waals surface area contributed by atoms with Crippen LogP contribution in [0.5, 0.6) is 17.4 Å². The van der Waals surface area contributed by atoms with Gasteiger partial charge in [-0.3, -0.25) is 14.0 Å². The summed E-state index contributed by atoms with van der Waals surface area (Å²) in [5.41, 5.74) is -0.509. The van der Waals surface area contributed by atoms with E-state index in [2.05, 4.69) is 11.1 Å². The molecule has 4 N–H and O–H groups in total. The topological polar surface area (TPSA) is 144 Å². The number of ether oxygens (including phenoxy) is 2. The number of pyridine rings is 1. The van der Waals surface area contributed by atoms with Crippen molar-refractivity contribution in [3.05, 3.63) is 74.9 Å². The molecule has 0 aliphatic heterocycles. The number of alkyl halides is 3. The van der Waals surface area contributed by atoms with Crippen LogP contribution in [0.4, 0.5) is 17.6 Å². The maximum Gasteiger partial charge on any atom is 0.433 e. The Morgan fingerprint density at radius 1 is 1.24 bits per heavy atom. The molecule has 3 rings (SSSR count). The Kier molecular flexibility index (Phi) is 8.79. The molecule has 0 spiro atoms. The number of carbonyl (C=O) groups is 1. The summed E-state index contributed by atoms with van der Waals surface area (Å²) in [7, 11) is 0. The molecule has 10 nitrogen and oxygen atoms in total. The summed E-state index contributed by atoms with van der Waals surface area (Å²) in [6.45, 7) is -0.113. The van der Waals surface area contributed by atoms with E-state index < -0.39 is 40.5 Å². The summed E-state index contributed by atoms with van der Waals surface area (Å²) >= 11 is 0. The number of amides is 1. The van der Waals surface area contributed by atoms with E-state index in [1.165, 1.54) is 18.3 Å². The minimum absolute atomic E-state index is 0. The van der Waals surface area contributed by atoms with Crippen LogP contribution in [0, 0.1) is 53.6 Å². The van der Waals surface area contributed by atoms with E-state index in [1.807, 2.05) is 0 Å². The number of benzene rings is 1. The van der Waals surface area contributed by atoms with Crippen molar-refractivity contribution in [2.45, 2.75) is 12.6 Å². The standard InChI is InChI=1S/C19H14F4N5O5.Ce/c20-11-4-3-10(33-13-2-1-6-26-17(13)32-7-5-15(24)29)8-12(11)27-16(30)9-14(19(21,22)23)28(25)18(27)31;/h1-2,4,6,8-9H,5,7,25H2,(H2,24,29);/q-1;. The number of hydrogen-bond donors (Lipinski definition) is 2. The summed E-state index contributed by atoms with van der Waals surface area (Å²) in [6, 6.07) is 6.89. The number of nitrogens with two attached hydrogens (primary N) is 2. The molecule has 0 saturated carbocycles. The number of primary amides is 1. The second kappa shape index (κ2) is 11.0. The van der Waals surface area contributed by atoms with Crippen LogP contribution in [0.15, 0.2) is 46.1 Å². The summed E-state index contributed by atoms with van der Waals surface area (Å²) in [4.78, 5) is 39.3. The monoisotopic (exact) mass is 608 g/mol. The smallest absolute Gasteiger partial charge is 0.433 e. The Balaban J connectivity index is 0.00000408. The minimum atomic E-state index is -5.09. The first-order chi connectivity index (χ1) is 15.5. The third kappa shape index (κ3) is 6.12. The van der Waals surface area contributed by atoms with Crippen LogP contribution < -0.4 is 32.3 Å². The molecule has 0 atom stereocenters. The van der Waals surface area contributed by atoms with Crippen molar-refractivity contribution in [2.75, 3.05) is 12.4 Å². The zero-order chi connectivity index (χ0) is 24.3. The number of nitrogen functional groups attached to an aromatic ring is 1. The minimum Gasteiger partial charge on any atom is -0.478 e. The Morgan fingerprint density at radius 3 is 2.59 bits per heavy atom. The molecule has 1 amide bonds. The molecule has 0 radical (unpaired) electrons. The van der Waals surface area contributed by atoms with Gasteiger partial charge in [-0.25, -0.2) is 19.0 Å². The zero-order valence-corrected chi connectivity index (χ0v) is 20.1. The van der Waals surface area contributed by atoms with Crippen LogP contribution in [0.1, 0.15) is 12.1 Å². The van der Waals surface area contributed by atoms with Crippen LogP contribution in [-0.4, -0.2) is 26.7 Å². The predicted molar refractivity (Wildman–Crippen MR) is 104 cm³/mol. The van der Waals surface area contributed by atoms with Gasteiger partial charge in [0.05, 0.1) is 13.0 Å². The first-order valence-electron chi connectivity index (χ1n) is 8.96. The molecular weight excluding hydrogens is 594 g/mol. The second-order valence-electron chi connectivity index (χ2n) is 6.36. The van der Waals surface area contributed by atoms with Crippen LogP contribution >= 0.6 is 0 Å². The Bertz CT molecular complexity index is 1330. The van der Waals surface area contributed by atoms with Crippen molar-refractivity contribution in [2.24, 2.45) is 5.73 Å². The average Bonchev–Trinajstić information content (AvgIpc) is 2.73. The Hall–Kier alpha value is -2.98. The quantitative estimate of drug-likeness (QED) is 0.232. The molecule has 178 valence electrons. The second-order valence-corrected chi connectivity index (χ2v) is 6.36. The van der Waals surface area contributed by atoms with Gasteiger partial charge < -0.3 is 21.1 Å². The first-order valence-corrected chi connectivity index (χ1v) is 8.96. The number of nitrogens with zero attached hydrogens (tertiary/aromatic N) is 3. The molecule has 1 aromatic carbocycles. The number of aromatic nitrogens is 3. The van der Waals surface area contributed by atoms with E-state index in [0.717, 1.165) is 6.07 Å². The number of rotatable bonds is 7. The molecule has 2 aromatic heterocycles. The van der Waals surface area contributed by atoms with Crippen LogP contribution in [0.3, 0.4) is 0 Å². The van der Waals surface area contributed by atoms with Crippen molar-refractivity contribution >= 4 is 5.91 Å². The van der Waals surface area contributed by atoms with Crippen molar-refractivity contribution in [3.63, 3.8) is 0 Å². The van der Waals surface area contributed by atoms with Crippen LogP contribution in [0.2, 0.25) is 0 Å². The van der Waals surface area contributed by atoms with Gasteiger partial charge in [0.1, 0.15) is 0 Å². The molecule has 0 saturated heterocycles. The van der Waals surface area contributed by atoms with Gasteiger partial charge >= 0.3 is 11.9 Å². The third-order valence-corrected chi connectivity index (χ3v) is 4.07.